The van der Waals surface area contributed by atoms with Crippen molar-refractivity contribution >= 4 is 11.8 Å². The van der Waals surface area contributed by atoms with Crippen LogP contribution in [0.5, 0.6) is 0 Å². The third-order valence-corrected chi connectivity index (χ3v) is 3.74. The molecule has 1 nitrogen and oxygen atoms in total. The van der Waals surface area contributed by atoms with Crippen LogP contribution < -0.4 is 5.32 Å². The number of hydrogen-bond acceptors (Lipinski definition) is 2. The predicted octanol–water partition coefficient (Wildman–Crippen LogP) is 3.23. The lowest BCUT2D eigenvalue weighted by Crippen LogP contribution is -2.20. The first-order valence-corrected chi connectivity index (χ1v) is 6.00. The van der Waals surface area contributed by atoms with Gasteiger partial charge in [-0.2, -0.15) is 0 Å². The van der Waals surface area contributed by atoms with E-state index >= 15 is 0 Å². The number of nitrogens with one attached hydrogen (secondary N) is 1. The van der Waals surface area contributed by atoms with E-state index in [1.807, 2.05) is 11.8 Å². The van der Waals surface area contributed by atoms with Gasteiger partial charge in [-0.05, 0) is 24.7 Å². The van der Waals surface area contributed by atoms with E-state index in [1.165, 1.54) is 50.6 Å². The molecule has 68 valence electrons. The Labute approximate surface area is 79.0 Å². The standard InChI is InChI=1S/C10H17NS/c1-2-4-6-9-8-12-10(11-9)7-5-3-1/h8,10-11H,1-7H2. The van der Waals surface area contributed by atoms with Crippen LogP contribution in [0.2, 0.25) is 0 Å². The van der Waals surface area contributed by atoms with Gasteiger partial charge in [-0.3, -0.25) is 0 Å². The quantitative estimate of drug-likeness (QED) is 0.619. The van der Waals surface area contributed by atoms with Crippen LogP contribution in [0.15, 0.2) is 11.1 Å². The van der Waals surface area contributed by atoms with Crippen molar-refractivity contribution in [2.45, 2.75) is 50.3 Å². The minimum absolute atomic E-state index is 0.707. The molecule has 0 amide bonds. The summed E-state index contributed by atoms with van der Waals surface area (Å²) in [5, 5.41) is 6.62. The lowest BCUT2D eigenvalue weighted by atomic mass is 10.1. The molecule has 0 radical (unpaired) electrons. The first-order chi connectivity index (χ1) is 5.95. The van der Waals surface area contributed by atoms with Crippen molar-refractivity contribution in [1.82, 2.24) is 5.32 Å². The fourth-order valence-electron chi connectivity index (χ4n) is 1.89. The van der Waals surface area contributed by atoms with E-state index in [0.29, 0.717) is 5.37 Å². The molecule has 2 rings (SSSR count). The van der Waals surface area contributed by atoms with Gasteiger partial charge in [0.05, 0.1) is 5.37 Å². The maximum absolute atomic E-state index is 3.58. The summed E-state index contributed by atoms with van der Waals surface area (Å²) in [6.45, 7) is 0. The Hall–Kier alpha value is -0.110. The van der Waals surface area contributed by atoms with Gasteiger partial charge in [-0.15, -0.1) is 11.8 Å². The summed E-state index contributed by atoms with van der Waals surface area (Å²) in [5.41, 5.74) is 1.49. The Bertz CT molecular complexity index is 177. The molecule has 0 spiro atoms. The van der Waals surface area contributed by atoms with Gasteiger partial charge >= 0.3 is 0 Å². The third-order valence-electron chi connectivity index (χ3n) is 2.63. The summed E-state index contributed by atoms with van der Waals surface area (Å²) in [6, 6.07) is 0. The zero-order valence-corrected chi connectivity index (χ0v) is 8.33. The maximum atomic E-state index is 3.58. The van der Waals surface area contributed by atoms with Crippen LogP contribution in [0, 0.1) is 0 Å². The third kappa shape index (κ3) is 2.19. The van der Waals surface area contributed by atoms with Crippen molar-refractivity contribution in [2.75, 3.05) is 0 Å². The highest BCUT2D eigenvalue weighted by Crippen LogP contribution is 2.28. The highest BCUT2D eigenvalue weighted by atomic mass is 32.2. The van der Waals surface area contributed by atoms with Gasteiger partial charge in [0.2, 0.25) is 0 Å². The van der Waals surface area contributed by atoms with Crippen molar-refractivity contribution in [3.8, 4) is 0 Å². The molecule has 2 heteroatoms. The Kier molecular flexibility index (Phi) is 2.98. The maximum Gasteiger partial charge on any atom is 0.0761 e. The van der Waals surface area contributed by atoms with Gasteiger partial charge in [-0.1, -0.05) is 25.7 Å². The van der Waals surface area contributed by atoms with Crippen LogP contribution in [0.25, 0.3) is 0 Å². The van der Waals surface area contributed by atoms with Gasteiger partial charge in [0.25, 0.3) is 0 Å². The number of rotatable bonds is 0. The number of hydrogen-bond donors (Lipinski definition) is 1. The molecule has 1 atom stereocenters. The van der Waals surface area contributed by atoms with E-state index < -0.39 is 0 Å². The number of allylic oxidation sites excluding steroid dienone is 1. The molecule has 2 heterocycles. The summed E-state index contributed by atoms with van der Waals surface area (Å²) < 4.78 is 0. The lowest BCUT2D eigenvalue weighted by molar-refractivity contribution is 0.538. The number of fused-ring (bicyclic) bond motifs is 2. The molecule has 0 aliphatic carbocycles. The minimum atomic E-state index is 0.707. The summed E-state index contributed by atoms with van der Waals surface area (Å²) >= 11 is 1.98. The molecule has 0 saturated carbocycles. The van der Waals surface area contributed by atoms with E-state index in [4.69, 9.17) is 0 Å². The van der Waals surface area contributed by atoms with E-state index in [2.05, 4.69) is 10.7 Å². The Balaban J connectivity index is 1.87. The van der Waals surface area contributed by atoms with Crippen LogP contribution in [0.1, 0.15) is 44.9 Å². The molecule has 12 heavy (non-hydrogen) atoms. The highest BCUT2D eigenvalue weighted by Gasteiger charge is 2.16. The number of thioether (sulfide) groups is 1. The van der Waals surface area contributed by atoms with Crippen LogP contribution in [0.3, 0.4) is 0 Å². The van der Waals surface area contributed by atoms with Crippen molar-refractivity contribution < 1.29 is 0 Å². The zero-order chi connectivity index (χ0) is 8.23. The molecule has 0 aromatic heterocycles. The Morgan fingerprint density at radius 2 is 2.00 bits per heavy atom. The van der Waals surface area contributed by atoms with E-state index in [0.717, 1.165) is 0 Å². The van der Waals surface area contributed by atoms with Crippen molar-refractivity contribution in [1.29, 1.82) is 0 Å². The molecule has 1 saturated heterocycles. The second-order valence-corrected chi connectivity index (χ2v) is 4.80. The normalized spacial score (nSPS) is 30.7. The SMILES string of the molecule is C1=C2CCCCCCCC(N2)S1. The largest absolute Gasteiger partial charge is 0.376 e. The first-order valence-electron chi connectivity index (χ1n) is 5.06. The molecule has 2 aliphatic heterocycles. The second-order valence-electron chi connectivity index (χ2n) is 3.72. The van der Waals surface area contributed by atoms with Crippen LogP contribution in [0.4, 0.5) is 0 Å². The molecule has 0 aromatic carbocycles. The van der Waals surface area contributed by atoms with Crippen LogP contribution >= 0.6 is 11.8 Å². The molecular formula is C10H17NS. The van der Waals surface area contributed by atoms with E-state index in [9.17, 15) is 0 Å². The summed E-state index contributed by atoms with van der Waals surface area (Å²) in [4.78, 5) is 0. The molecule has 1 unspecified atom stereocenters. The average Bonchev–Trinajstić information content (AvgIpc) is 2.51. The van der Waals surface area contributed by atoms with Crippen molar-refractivity contribution in [3.63, 3.8) is 0 Å². The summed E-state index contributed by atoms with van der Waals surface area (Å²) in [7, 11) is 0. The smallest absolute Gasteiger partial charge is 0.0761 e. The summed E-state index contributed by atoms with van der Waals surface area (Å²) in [5.74, 6) is 0. The van der Waals surface area contributed by atoms with Gasteiger partial charge in [0.1, 0.15) is 0 Å². The molecule has 1 fully saturated rings. The monoisotopic (exact) mass is 183 g/mol. The van der Waals surface area contributed by atoms with Gasteiger partial charge in [0.15, 0.2) is 0 Å². The fraction of sp³-hybridized carbons (Fsp3) is 0.800. The van der Waals surface area contributed by atoms with Crippen LogP contribution in [-0.4, -0.2) is 5.37 Å². The molecular weight excluding hydrogens is 166 g/mol. The predicted molar refractivity (Wildman–Crippen MR) is 54.9 cm³/mol. The molecule has 2 aliphatic rings. The summed E-state index contributed by atoms with van der Waals surface area (Å²) in [6.07, 6.45) is 9.74. The van der Waals surface area contributed by atoms with Crippen molar-refractivity contribution in [3.05, 3.63) is 11.1 Å². The lowest BCUT2D eigenvalue weighted by Gasteiger charge is -2.14. The average molecular weight is 183 g/mol. The zero-order valence-electron chi connectivity index (χ0n) is 7.51. The van der Waals surface area contributed by atoms with Crippen molar-refractivity contribution in [2.24, 2.45) is 0 Å². The second kappa shape index (κ2) is 4.22. The molecule has 0 aromatic rings. The Morgan fingerprint density at radius 1 is 1.17 bits per heavy atom. The minimum Gasteiger partial charge on any atom is -0.376 e. The van der Waals surface area contributed by atoms with E-state index in [-0.39, 0.29) is 0 Å². The Morgan fingerprint density at radius 3 is 3.00 bits per heavy atom. The molecule has 1 N–H and O–H groups in total. The van der Waals surface area contributed by atoms with Crippen LogP contribution in [-0.2, 0) is 0 Å². The fourth-order valence-corrected chi connectivity index (χ4v) is 2.92. The topological polar surface area (TPSA) is 12.0 Å². The molecule has 2 bridgehead atoms. The van der Waals surface area contributed by atoms with Gasteiger partial charge < -0.3 is 5.32 Å². The van der Waals surface area contributed by atoms with Gasteiger partial charge in [0, 0.05) is 5.70 Å². The van der Waals surface area contributed by atoms with E-state index in [1.54, 1.807) is 0 Å². The highest BCUT2D eigenvalue weighted by molar-refractivity contribution is 8.02. The van der Waals surface area contributed by atoms with Gasteiger partial charge in [-0.25, -0.2) is 0 Å². The first kappa shape index (κ1) is 8.49.